The van der Waals surface area contributed by atoms with Crippen molar-refractivity contribution >= 4 is 10.1 Å². The molecule has 0 spiro atoms. The maximum absolute atomic E-state index is 11.1. The van der Waals surface area contributed by atoms with E-state index in [1.165, 1.54) is 82.3 Å². The molecule has 0 aromatic heterocycles. The number of benzene rings is 1. The van der Waals surface area contributed by atoms with E-state index in [2.05, 4.69) is 32.0 Å². The summed E-state index contributed by atoms with van der Waals surface area (Å²) in [7, 11) is -4.24. The van der Waals surface area contributed by atoms with Gasteiger partial charge in [-0.1, -0.05) is 71.3 Å². The van der Waals surface area contributed by atoms with E-state index in [4.69, 9.17) is 4.74 Å². The Balaban J connectivity index is 0.00000841. The van der Waals surface area contributed by atoms with Gasteiger partial charge >= 0.3 is 29.6 Å². The fraction of sp³-hybridized carbons (Fsp3) is 0.750. The van der Waals surface area contributed by atoms with Crippen LogP contribution in [0.5, 0.6) is 5.75 Å². The molecule has 1 rings (SSSR count). The molecule has 0 N–H and O–H groups in total. The summed E-state index contributed by atoms with van der Waals surface area (Å²) in [6.45, 7) is 6.15. The molecule has 0 saturated heterocycles. The molecule has 4 nitrogen and oxygen atoms in total. The van der Waals surface area contributed by atoms with Gasteiger partial charge in [-0.3, -0.25) is 0 Å². The quantitative estimate of drug-likeness (QED) is 0.208. The van der Waals surface area contributed by atoms with Crippen LogP contribution in [-0.2, 0) is 23.0 Å². The Morgan fingerprint density at radius 1 is 0.833 bits per heavy atom. The zero-order chi connectivity index (χ0) is 21.5. The molecule has 0 bridgehead atoms. The molecule has 0 aliphatic carbocycles. The van der Waals surface area contributed by atoms with Crippen molar-refractivity contribution in [2.45, 2.75) is 109 Å². The second-order valence-electron chi connectivity index (χ2n) is 8.25. The van der Waals surface area contributed by atoms with Gasteiger partial charge in [-0.25, -0.2) is 8.42 Å². The molecule has 0 aliphatic rings. The van der Waals surface area contributed by atoms with E-state index in [0.29, 0.717) is 0 Å². The number of aryl methyl sites for hydroxylation is 2. The Labute approximate surface area is 207 Å². The fourth-order valence-electron chi connectivity index (χ4n) is 3.45. The summed E-state index contributed by atoms with van der Waals surface area (Å²) in [6.07, 6.45) is 14.9. The molecule has 1 atom stereocenters. The van der Waals surface area contributed by atoms with Crippen LogP contribution in [0.15, 0.2) is 18.2 Å². The van der Waals surface area contributed by atoms with Gasteiger partial charge < -0.3 is 9.29 Å². The van der Waals surface area contributed by atoms with E-state index in [1.54, 1.807) is 0 Å². The third-order valence-electron chi connectivity index (χ3n) is 5.45. The normalized spacial score (nSPS) is 12.4. The zero-order valence-electron chi connectivity index (χ0n) is 19.8. The van der Waals surface area contributed by atoms with Gasteiger partial charge in [-0.15, -0.1) is 0 Å². The molecule has 30 heavy (non-hydrogen) atoms. The largest absolute Gasteiger partial charge is 1.00 e. The molecular weight excluding hydrogens is 407 g/mol. The smallest absolute Gasteiger partial charge is 0.748 e. The van der Waals surface area contributed by atoms with Gasteiger partial charge in [-0.05, 0) is 62.3 Å². The van der Waals surface area contributed by atoms with E-state index < -0.39 is 15.4 Å². The molecule has 0 heterocycles. The van der Waals surface area contributed by atoms with Crippen LogP contribution < -0.4 is 34.3 Å². The standard InChI is InChI=1S/C24H42O4S.Na/c1-4-6-8-10-12-14-22-18-23(15-13-11-9-7-5-2)20-24(19-22)28-17-16-21(3)29(25,26)27;/h18-21H,4-17H2,1-3H3,(H,25,26,27);/q;+1/p-1. The summed E-state index contributed by atoms with van der Waals surface area (Å²) in [5.74, 6) is 0.801. The molecule has 0 radical (unpaired) electrons. The SMILES string of the molecule is CCCCCCCc1cc(CCCCCCC)cc(OCCC(C)S(=O)(=O)[O-])c1.[Na+]. The third kappa shape index (κ3) is 14.1. The van der Waals surface area contributed by atoms with Gasteiger partial charge in [-0.2, -0.15) is 0 Å². The maximum Gasteiger partial charge on any atom is 1.00 e. The summed E-state index contributed by atoms with van der Waals surface area (Å²) in [5.41, 5.74) is 2.60. The first-order valence-electron chi connectivity index (χ1n) is 11.6. The van der Waals surface area contributed by atoms with E-state index >= 15 is 0 Å². The molecule has 1 aromatic rings. The summed E-state index contributed by atoms with van der Waals surface area (Å²) < 4.78 is 39.0. The monoisotopic (exact) mass is 448 g/mol. The van der Waals surface area contributed by atoms with Crippen molar-refractivity contribution in [3.63, 3.8) is 0 Å². The Bertz CT molecular complexity index is 629. The topological polar surface area (TPSA) is 66.4 Å². The van der Waals surface area contributed by atoms with E-state index in [9.17, 15) is 13.0 Å². The molecule has 168 valence electrons. The van der Waals surface area contributed by atoms with Crippen LogP contribution >= 0.6 is 0 Å². The minimum Gasteiger partial charge on any atom is -0.748 e. The van der Waals surface area contributed by atoms with Gasteiger partial charge in [0.15, 0.2) is 0 Å². The average molecular weight is 449 g/mol. The molecule has 0 amide bonds. The van der Waals surface area contributed by atoms with Crippen molar-refractivity contribution in [3.8, 4) is 5.75 Å². The third-order valence-corrected chi connectivity index (χ3v) is 6.67. The second-order valence-corrected chi connectivity index (χ2v) is 10.0. The number of hydrogen-bond acceptors (Lipinski definition) is 4. The van der Waals surface area contributed by atoms with Crippen LogP contribution in [0.3, 0.4) is 0 Å². The molecule has 0 aliphatic heterocycles. The summed E-state index contributed by atoms with van der Waals surface area (Å²) in [6, 6.07) is 6.46. The first-order chi connectivity index (χ1) is 13.9. The van der Waals surface area contributed by atoms with Crippen molar-refractivity contribution in [1.82, 2.24) is 0 Å². The van der Waals surface area contributed by atoms with Crippen molar-refractivity contribution in [3.05, 3.63) is 29.3 Å². The second kappa shape index (κ2) is 17.5. The summed E-state index contributed by atoms with van der Waals surface area (Å²) in [4.78, 5) is 0. The number of hydrogen-bond donors (Lipinski definition) is 0. The van der Waals surface area contributed by atoms with Crippen molar-refractivity contribution in [2.24, 2.45) is 0 Å². The first kappa shape index (κ1) is 29.9. The van der Waals surface area contributed by atoms with Crippen LogP contribution in [0.25, 0.3) is 0 Å². The van der Waals surface area contributed by atoms with Gasteiger partial charge in [0.1, 0.15) is 5.75 Å². The van der Waals surface area contributed by atoms with Crippen molar-refractivity contribution in [1.29, 1.82) is 0 Å². The predicted molar refractivity (Wildman–Crippen MR) is 121 cm³/mol. The number of ether oxygens (including phenoxy) is 1. The van der Waals surface area contributed by atoms with Crippen LogP contribution in [0.1, 0.15) is 103 Å². The van der Waals surface area contributed by atoms with E-state index in [-0.39, 0.29) is 42.6 Å². The maximum atomic E-state index is 11.1. The van der Waals surface area contributed by atoms with Gasteiger partial charge in [0.05, 0.1) is 16.7 Å². The molecule has 6 heteroatoms. The number of unbranched alkanes of at least 4 members (excludes halogenated alkanes) is 8. The molecule has 0 saturated carbocycles. The average Bonchev–Trinajstić information content (AvgIpc) is 2.67. The van der Waals surface area contributed by atoms with Gasteiger partial charge in [0.2, 0.25) is 0 Å². The zero-order valence-corrected chi connectivity index (χ0v) is 22.6. The Morgan fingerprint density at radius 2 is 1.30 bits per heavy atom. The summed E-state index contributed by atoms with van der Waals surface area (Å²) in [5, 5.41) is -0.915. The Hall–Kier alpha value is -0.0700. The van der Waals surface area contributed by atoms with Crippen molar-refractivity contribution in [2.75, 3.05) is 6.61 Å². The minimum absolute atomic E-state index is 0. The molecule has 1 aromatic carbocycles. The number of rotatable bonds is 17. The first-order valence-corrected chi connectivity index (χ1v) is 13.0. The van der Waals surface area contributed by atoms with Crippen LogP contribution in [0.2, 0.25) is 0 Å². The van der Waals surface area contributed by atoms with Crippen LogP contribution in [-0.4, -0.2) is 24.8 Å². The van der Waals surface area contributed by atoms with E-state index in [0.717, 1.165) is 18.6 Å². The minimum atomic E-state index is -4.24. The predicted octanol–water partition coefficient (Wildman–Crippen LogP) is 3.42. The van der Waals surface area contributed by atoms with Crippen molar-refractivity contribution < 1.29 is 47.3 Å². The van der Waals surface area contributed by atoms with Gasteiger partial charge in [0, 0.05) is 5.25 Å². The Kier molecular flexibility index (Phi) is 17.4. The molecule has 1 unspecified atom stereocenters. The molecule has 0 fully saturated rings. The van der Waals surface area contributed by atoms with Crippen LogP contribution in [0.4, 0.5) is 0 Å². The van der Waals surface area contributed by atoms with Gasteiger partial charge in [0.25, 0.3) is 0 Å². The fourth-order valence-corrected chi connectivity index (χ4v) is 3.84. The summed E-state index contributed by atoms with van der Waals surface area (Å²) >= 11 is 0. The van der Waals surface area contributed by atoms with E-state index in [1.807, 2.05) is 0 Å². The Morgan fingerprint density at radius 3 is 1.73 bits per heavy atom. The molecular formula is C24H41NaO4S. The van der Waals surface area contributed by atoms with Crippen LogP contribution in [0, 0.1) is 0 Å².